The second kappa shape index (κ2) is 9.39. The van der Waals surface area contributed by atoms with E-state index in [4.69, 9.17) is 9.47 Å². The minimum Gasteiger partial charge on any atom is -0.454 e. The highest BCUT2D eigenvalue weighted by molar-refractivity contribution is 6.01. The van der Waals surface area contributed by atoms with Crippen molar-refractivity contribution in [2.24, 2.45) is 0 Å². The molecule has 2 rings (SSSR count). The highest BCUT2D eigenvalue weighted by Crippen LogP contribution is 2.23. The molecule has 0 amide bonds. The van der Waals surface area contributed by atoms with E-state index >= 15 is 0 Å². The highest BCUT2D eigenvalue weighted by Gasteiger charge is 2.20. The number of non-ortho nitro benzene ring substituents is 1. The van der Waals surface area contributed by atoms with E-state index in [1.807, 2.05) is 0 Å². The normalized spacial score (nSPS) is 10.3. The Hall–Kier alpha value is -3.33. The van der Waals surface area contributed by atoms with Gasteiger partial charge in [0.15, 0.2) is 6.61 Å². The third-order valence-electron chi connectivity index (χ3n) is 3.56. The number of anilines is 1. The molecule has 0 aliphatic carbocycles. The van der Waals surface area contributed by atoms with Crippen molar-refractivity contribution in [2.45, 2.75) is 0 Å². The third kappa shape index (κ3) is 5.32. The number of carbonyl (C=O) groups excluding carboxylic acids is 2. The molecule has 0 fully saturated rings. The molecule has 0 atom stereocenters. The van der Waals surface area contributed by atoms with Gasteiger partial charge in [0.2, 0.25) is 5.78 Å². The molecule has 0 aliphatic rings. The fourth-order valence-corrected chi connectivity index (χ4v) is 2.23. The summed E-state index contributed by atoms with van der Waals surface area (Å²) in [4.78, 5) is 34.6. The quantitative estimate of drug-likeness (QED) is 0.236. The molecule has 0 saturated heterocycles. The maximum Gasteiger partial charge on any atom is 0.340 e. The molecule has 0 spiro atoms. The van der Waals surface area contributed by atoms with Gasteiger partial charge in [0.1, 0.15) is 5.82 Å². The molecule has 9 heteroatoms. The number of hydrogen-bond acceptors (Lipinski definition) is 7. The van der Waals surface area contributed by atoms with Crippen LogP contribution in [0.2, 0.25) is 0 Å². The molecule has 8 nitrogen and oxygen atoms in total. The number of nitrogens with one attached hydrogen (secondary N) is 1. The van der Waals surface area contributed by atoms with Gasteiger partial charge in [-0.15, -0.1) is 0 Å². The van der Waals surface area contributed by atoms with E-state index in [1.54, 1.807) is 0 Å². The number of esters is 1. The fraction of sp³-hybridized carbons (Fsp3) is 0.222. The van der Waals surface area contributed by atoms with Crippen LogP contribution in [0.3, 0.4) is 0 Å². The van der Waals surface area contributed by atoms with Crippen molar-refractivity contribution >= 4 is 23.1 Å². The van der Waals surface area contributed by atoms with Crippen LogP contribution in [-0.4, -0.2) is 43.5 Å². The lowest BCUT2D eigenvalue weighted by Gasteiger charge is -2.11. The summed E-state index contributed by atoms with van der Waals surface area (Å²) in [7, 11) is 1.50. The Morgan fingerprint density at radius 2 is 1.93 bits per heavy atom. The van der Waals surface area contributed by atoms with Crippen molar-refractivity contribution in [3.8, 4) is 0 Å². The van der Waals surface area contributed by atoms with Crippen molar-refractivity contribution in [1.82, 2.24) is 0 Å². The molecule has 1 N–H and O–H groups in total. The van der Waals surface area contributed by atoms with Gasteiger partial charge in [-0.1, -0.05) is 12.1 Å². The van der Waals surface area contributed by atoms with Gasteiger partial charge in [0.25, 0.3) is 5.69 Å². The number of methoxy groups -OCH3 is 1. The van der Waals surface area contributed by atoms with Gasteiger partial charge in [-0.3, -0.25) is 14.9 Å². The molecule has 0 unspecified atom stereocenters. The van der Waals surface area contributed by atoms with Crippen molar-refractivity contribution in [2.75, 3.05) is 32.2 Å². The minimum absolute atomic E-state index is 0.110. The first-order chi connectivity index (χ1) is 12.9. The standard InChI is InChI=1S/C18H17FN2O6/c1-26-9-8-20-16-7-6-12(21(24)25)10-14(16)18(23)27-11-17(22)13-4-2-3-5-15(13)19/h2-7,10,20H,8-9,11H2,1H3. The molecular formula is C18H17FN2O6. The first-order valence-electron chi connectivity index (χ1n) is 7.90. The molecule has 0 bridgehead atoms. The van der Waals surface area contributed by atoms with Gasteiger partial charge in [0.05, 0.1) is 22.7 Å². The van der Waals surface area contributed by atoms with Crippen LogP contribution in [0.15, 0.2) is 42.5 Å². The number of halogens is 1. The number of carbonyl (C=O) groups is 2. The summed E-state index contributed by atoms with van der Waals surface area (Å²) in [5.74, 6) is -2.39. The Morgan fingerprint density at radius 1 is 1.19 bits per heavy atom. The van der Waals surface area contributed by atoms with E-state index in [1.165, 1.54) is 37.4 Å². The van der Waals surface area contributed by atoms with Gasteiger partial charge in [0, 0.05) is 31.5 Å². The van der Waals surface area contributed by atoms with Crippen molar-refractivity contribution in [3.63, 3.8) is 0 Å². The Labute approximate surface area is 154 Å². The first-order valence-corrected chi connectivity index (χ1v) is 7.90. The number of rotatable bonds is 9. The molecule has 142 valence electrons. The zero-order valence-electron chi connectivity index (χ0n) is 14.4. The second-order valence-electron chi connectivity index (χ2n) is 5.39. The van der Waals surface area contributed by atoms with Crippen molar-refractivity contribution in [3.05, 3.63) is 69.5 Å². The summed E-state index contributed by atoms with van der Waals surface area (Å²) in [5.41, 5.74) is -0.329. The monoisotopic (exact) mass is 376 g/mol. The summed E-state index contributed by atoms with van der Waals surface area (Å²) < 4.78 is 23.4. The van der Waals surface area contributed by atoms with Crippen LogP contribution in [0.4, 0.5) is 15.8 Å². The van der Waals surface area contributed by atoms with Crippen LogP contribution < -0.4 is 5.32 Å². The molecule has 0 heterocycles. The van der Waals surface area contributed by atoms with Crippen molar-refractivity contribution < 1.29 is 28.4 Å². The van der Waals surface area contributed by atoms with Gasteiger partial charge < -0.3 is 14.8 Å². The summed E-state index contributed by atoms with van der Waals surface area (Å²) in [6.45, 7) is -0.0000368. The zero-order chi connectivity index (χ0) is 19.8. The lowest BCUT2D eigenvalue weighted by Crippen LogP contribution is -2.17. The number of benzene rings is 2. The number of nitro groups is 1. The summed E-state index contributed by atoms with van der Waals surface area (Å²) in [6, 6.07) is 8.95. The van der Waals surface area contributed by atoms with Gasteiger partial charge >= 0.3 is 5.97 Å². The molecule has 27 heavy (non-hydrogen) atoms. The number of hydrogen-bond donors (Lipinski definition) is 1. The SMILES string of the molecule is COCCNc1ccc([N+](=O)[O-])cc1C(=O)OCC(=O)c1ccccc1F. The predicted molar refractivity (Wildman–Crippen MR) is 94.5 cm³/mol. The predicted octanol–water partition coefficient (Wildman–Crippen LogP) is 2.83. The molecule has 2 aromatic carbocycles. The topological polar surface area (TPSA) is 108 Å². The Morgan fingerprint density at radius 3 is 2.59 bits per heavy atom. The maximum atomic E-state index is 13.6. The number of Topliss-reactive ketones (excluding diaryl/α,β-unsaturated/α-hetero) is 1. The smallest absolute Gasteiger partial charge is 0.340 e. The van der Waals surface area contributed by atoms with E-state index in [2.05, 4.69) is 5.32 Å². The van der Waals surface area contributed by atoms with E-state index in [0.29, 0.717) is 18.8 Å². The maximum absolute atomic E-state index is 13.6. The molecule has 2 aromatic rings. The Balaban J connectivity index is 2.15. The van der Waals surface area contributed by atoms with E-state index in [-0.39, 0.29) is 16.8 Å². The highest BCUT2D eigenvalue weighted by atomic mass is 19.1. The van der Waals surface area contributed by atoms with Gasteiger partial charge in [-0.05, 0) is 18.2 Å². The summed E-state index contributed by atoms with van der Waals surface area (Å²) >= 11 is 0. The van der Waals surface area contributed by atoms with Gasteiger partial charge in [-0.2, -0.15) is 0 Å². The molecule has 0 aromatic heterocycles. The molecule has 0 saturated carbocycles. The lowest BCUT2D eigenvalue weighted by atomic mass is 10.1. The van der Waals surface area contributed by atoms with Crippen LogP contribution in [0, 0.1) is 15.9 Å². The van der Waals surface area contributed by atoms with Crippen LogP contribution in [-0.2, 0) is 9.47 Å². The number of nitro benzene ring substituents is 1. The summed E-state index contributed by atoms with van der Waals surface area (Å²) in [5, 5.41) is 13.8. The Bertz CT molecular complexity index is 855. The fourth-order valence-electron chi connectivity index (χ4n) is 2.23. The molecule has 0 radical (unpaired) electrons. The van der Waals surface area contributed by atoms with Crippen LogP contribution in [0.1, 0.15) is 20.7 Å². The van der Waals surface area contributed by atoms with Crippen molar-refractivity contribution in [1.29, 1.82) is 0 Å². The zero-order valence-corrected chi connectivity index (χ0v) is 14.4. The average Bonchev–Trinajstić information content (AvgIpc) is 2.66. The number of nitrogens with zero attached hydrogens (tertiary/aromatic N) is 1. The molecule has 0 aliphatic heterocycles. The molecular weight excluding hydrogens is 359 g/mol. The van der Waals surface area contributed by atoms with E-state index in [9.17, 15) is 24.1 Å². The number of ether oxygens (including phenoxy) is 2. The van der Waals surface area contributed by atoms with E-state index in [0.717, 1.165) is 12.1 Å². The van der Waals surface area contributed by atoms with Crippen LogP contribution >= 0.6 is 0 Å². The van der Waals surface area contributed by atoms with Crippen LogP contribution in [0.5, 0.6) is 0 Å². The summed E-state index contributed by atoms with van der Waals surface area (Å²) in [6.07, 6.45) is 0. The lowest BCUT2D eigenvalue weighted by molar-refractivity contribution is -0.384. The largest absolute Gasteiger partial charge is 0.454 e. The first kappa shape index (κ1) is 20.0. The van der Waals surface area contributed by atoms with Crippen LogP contribution in [0.25, 0.3) is 0 Å². The average molecular weight is 376 g/mol. The third-order valence-corrected chi connectivity index (χ3v) is 3.56. The van der Waals surface area contributed by atoms with E-state index < -0.39 is 29.1 Å². The minimum atomic E-state index is -0.941. The Kier molecular flexibility index (Phi) is 6.95. The van der Waals surface area contributed by atoms with Gasteiger partial charge in [-0.25, -0.2) is 9.18 Å². The number of ketones is 1. The second-order valence-corrected chi connectivity index (χ2v) is 5.39.